The monoisotopic (exact) mass is 421 g/mol. The van der Waals surface area contributed by atoms with Crippen LogP contribution in [-0.4, -0.2) is 44.7 Å². The van der Waals surface area contributed by atoms with E-state index in [-0.39, 0.29) is 24.8 Å². The lowest BCUT2D eigenvalue weighted by atomic mass is 10.1. The van der Waals surface area contributed by atoms with E-state index in [4.69, 9.17) is 14.2 Å². The molecule has 2 heterocycles. The first-order valence-corrected chi connectivity index (χ1v) is 9.80. The summed E-state index contributed by atoms with van der Waals surface area (Å²) >= 11 is 0. The summed E-state index contributed by atoms with van der Waals surface area (Å²) in [7, 11) is 4.55. The predicted molar refractivity (Wildman–Crippen MR) is 117 cm³/mol. The van der Waals surface area contributed by atoms with Gasteiger partial charge in [0, 0.05) is 30.5 Å². The molecule has 31 heavy (non-hydrogen) atoms. The molecule has 2 aromatic carbocycles. The van der Waals surface area contributed by atoms with E-state index in [2.05, 4.69) is 10.3 Å². The molecule has 0 radical (unpaired) electrons. The molecule has 1 N–H and O–H groups in total. The summed E-state index contributed by atoms with van der Waals surface area (Å²) in [6.45, 7) is 0.254. The lowest BCUT2D eigenvalue weighted by molar-refractivity contribution is -0.122. The molecular weight excluding hydrogens is 398 g/mol. The number of amides is 2. The van der Waals surface area contributed by atoms with E-state index < -0.39 is 5.92 Å². The van der Waals surface area contributed by atoms with Crippen LogP contribution in [0.1, 0.15) is 6.42 Å². The van der Waals surface area contributed by atoms with Crippen molar-refractivity contribution >= 4 is 34.1 Å². The van der Waals surface area contributed by atoms with Crippen LogP contribution in [0.5, 0.6) is 17.2 Å². The minimum Gasteiger partial charge on any atom is -0.493 e. The predicted octanol–water partition coefficient (Wildman–Crippen LogP) is 3.25. The Morgan fingerprint density at radius 2 is 1.77 bits per heavy atom. The Balaban J connectivity index is 1.53. The molecule has 1 aliphatic rings. The number of para-hydroxylation sites is 1. The number of rotatable bonds is 6. The zero-order valence-corrected chi connectivity index (χ0v) is 17.5. The van der Waals surface area contributed by atoms with Crippen molar-refractivity contribution < 1.29 is 23.8 Å². The fraction of sp³-hybridized carbons (Fsp3) is 0.261. The third-order valence-corrected chi connectivity index (χ3v) is 5.32. The van der Waals surface area contributed by atoms with E-state index >= 15 is 0 Å². The van der Waals surface area contributed by atoms with E-state index in [9.17, 15) is 9.59 Å². The molecule has 1 fully saturated rings. The van der Waals surface area contributed by atoms with Crippen molar-refractivity contribution in [3.63, 3.8) is 0 Å². The molecule has 0 aliphatic carbocycles. The van der Waals surface area contributed by atoms with Crippen molar-refractivity contribution in [2.45, 2.75) is 6.42 Å². The fourth-order valence-electron chi connectivity index (χ4n) is 3.74. The Kier molecular flexibility index (Phi) is 5.62. The second-order valence-corrected chi connectivity index (χ2v) is 7.19. The molecule has 8 nitrogen and oxygen atoms in total. The molecule has 2 amide bonds. The van der Waals surface area contributed by atoms with Crippen LogP contribution in [0.2, 0.25) is 0 Å². The lowest BCUT2D eigenvalue weighted by Crippen LogP contribution is -2.28. The number of nitrogens with one attached hydrogen (secondary N) is 1. The number of ether oxygens (including phenoxy) is 3. The van der Waals surface area contributed by atoms with Gasteiger partial charge >= 0.3 is 0 Å². The molecule has 1 saturated heterocycles. The molecule has 1 aliphatic heterocycles. The first-order chi connectivity index (χ1) is 15.0. The van der Waals surface area contributed by atoms with Gasteiger partial charge in [0.2, 0.25) is 17.6 Å². The van der Waals surface area contributed by atoms with Crippen molar-refractivity contribution in [2.75, 3.05) is 38.1 Å². The number of aromatic nitrogens is 1. The molecule has 8 heteroatoms. The van der Waals surface area contributed by atoms with Crippen molar-refractivity contribution in [1.29, 1.82) is 0 Å². The SMILES string of the molecule is COc1cc(N2CC(C(=O)Nc3cnc4ccccc4c3)CC2=O)cc(OC)c1OC. The Hall–Kier alpha value is -3.81. The third kappa shape index (κ3) is 3.96. The smallest absolute Gasteiger partial charge is 0.229 e. The van der Waals surface area contributed by atoms with Crippen LogP contribution in [0, 0.1) is 5.92 Å². The maximum absolute atomic E-state index is 12.8. The van der Waals surface area contributed by atoms with E-state index in [1.54, 1.807) is 23.2 Å². The first kappa shape index (κ1) is 20.5. The maximum Gasteiger partial charge on any atom is 0.229 e. The van der Waals surface area contributed by atoms with Crippen molar-refractivity contribution in [1.82, 2.24) is 4.98 Å². The number of anilines is 2. The van der Waals surface area contributed by atoms with Gasteiger partial charge in [0.25, 0.3) is 0 Å². The number of carbonyl (C=O) groups is 2. The third-order valence-electron chi connectivity index (χ3n) is 5.32. The van der Waals surface area contributed by atoms with Crippen LogP contribution in [0.4, 0.5) is 11.4 Å². The van der Waals surface area contributed by atoms with Crippen LogP contribution in [0.15, 0.2) is 48.7 Å². The van der Waals surface area contributed by atoms with E-state index in [0.717, 1.165) is 10.9 Å². The van der Waals surface area contributed by atoms with Crippen LogP contribution in [-0.2, 0) is 9.59 Å². The number of nitrogens with zero attached hydrogens (tertiary/aromatic N) is 2. The highest BCUT2D eigenvalue weighted by Crippen LogP contribution is 2.42. The van der Waals surface area contributed by atoms with Gasteiger partial charge in [-0.15, -0.1) is 0 Å². The number of hydrogen-bond acceptors (Lipinski definition) is 6. The van der Waals surface area contributed by atoms with Gasteiger partial charge in [-0.2, -0.15) is 0 Å². The number of hydrogen-bond donors (Lipinski definition) is 1. The van der Waals surface area contributed by atoms with Crippen LogP contribution in [0.25, 0.3) is 10.9 Å². The van der Waals surface area contributed by atoms with Crippen LogP contribution in [0.3, 0.4) is 0 Å². The van der Waals surface area contributed by atoms with Gasteiger partial charge in [0.05, 0.1) is 50.3 Å². The zero-order chi connectivity index (χ0) is 22.0. The second kappa shape index (κ2) is 8.51. The van der Waals surface area contributed by atoms with Gasteiger partial charge in [0.15, 0.2) is 11.5 Å². The maximum atomic E-state index is 12.8. The number of benzene rings is 2. The molecular formula is C23H23N3O5. The average Bonchev–Trinajstić information content (AvgIpc) is 3.19. The zero-order valence-electron chi connectivity index (χ0n) is 17.5. The highest BCUT2D eigenvalue weighted by Gasteiger charge is 2.36. The molecule has 1 atom stereocenters. The van der Waals surface area contributed by atoms with Crippen molar-refractivity contribution in [3.8, 4) is 17.2 Å². The van der Waals surface area contributed by atoms with Crippen molar-refractivity contribution in [2.24, 2.45) is 5.92 Å². The summed E-state index contributed by atoms with van der Waals surface area (Å²) in [4.78, 5) is 31.4. The molecule has 160 valence electrons. The lowest BCUT2D eigenvalue weighted by Gasteiger charge is -2.20. The average molecular weight is 421 g/mol. The molecule has 0 bridgehead atoms. The van der Waals surface area contributed by atoms with Crippen molar-refractivity contribution in [3.05, 3.63) is 48.7 Å². The minimum atomic E-state index is -0.488. The van der Waals surface area contributed by atoms with Gasteiger partial charge in [0.1, 0.15) is 0 Å². The topological polar surface area (TPSA) is 90.0 Å². The molecule has 0 spiro atoms. The number of carbonyl (C=O) groups excluding carboxylic acids is 2. The van der Waals surface area contributed by atoms with Gasteiger partial charge in [-0.3, -0.25) is 14.6 Å². The van der Waals surface area contributed by atoms with Gasteiger partial charge in [-0.1, -0.05) is 18.2 Å². The summed E-state index contributed by atoms with van der Waals surface area (Å²) < 4.78 is 16.1. The molecule has 3 aromatic rings. The Morgan fingerprint density at radius 3 is 2.45 bits per heavy atom. The first-order valence-electron chi connectivity index (χ1n) is 9.80. The minimum absolute atomic E-state index is 0.115. The van der Waals surface area contributed by atoms with Gasteiger partial charge in [-0.25, -0.2) is 0 Å². The van der Waals surface area contributed by atoms with E-state index in [1.807, 2.05) is 30.3 Å². The van der Waals surface area contributed by atoms with Crippen LogP contribution >= 0.6 is 0 Å². The largest absolute Gasteiger partial charge is 0.493 e. The van der Waals surface area contributed by atoms with E-state index in [1.165, 1.54) is 21.3 Å². The van der Waals surface area contributed by atoms with Crippen LogP contribution < -0.4 is 24.4 Å². The summed E-state index contributed by atoms with van der Waals surface area (Å²) in [5, 5.41) is 3.81. The van der Waals surface area contributed by atoms with Gasteiger partial charge in [-0.05, 0) is 12.1 Å². The normalized spacial score (nSPS) is 15.8. The van der Waals surface area contributed by atoms with Gasteiger partial charge < -0.3 is 24.4 Å². The standard InChI is InChI=1S/C23H23N3O5/c1-29-19-10-17(11-20(30-2)22(19)31-3)26-13-15(9-21(26)27)23(28)25-16-8-14-6-4-5-7-18(14)24-12-16/h4-8,10-12,15H,9,13H2,1-3H3,(H,25,28). The number of methoxy groups -OCH3 is 3. The fourth-order valence-corrected chi connectivity index (χ4v) is 3.74. The quantitative estimate of drug-likeness (QED) is 0.657. The molecule has 0 saturated carbocycles. The molecule has 1 unspecified atom stereocenters. The van der Waals surface area contributed by atoms with E-state index in [0.29, 0.717) is 28.6 Å². The summed E-state index contributed by atoms with van der Waals surface area (Å²) in [5.74, 6) is 0.475. The summed E-state index contributed by atoms with van der Waals surface area (Å²) in [6, 6.07) is 12.9. The second-order valence-electron chi connectivity index (χ2n) is 7.19. The Morgan fingerprint density at radius 1 is 1.06 bits per heavy atom. The number of fused-ring (bicyclic) bond motifs is 1. The Bertz CT molecular complexity index is 1120. The highest BCUT2D eigenvalue weighted by molar-refractivity contribution is 6.04. The molecule has 4 rings (SSSR count). The number of pyridine rings is 1. The summed E-state index contributed by atoms with van der Waals surface area (Å²) in [5.41, 5.74) is 2.04. The summed E-state index contributed by atoms with van der Waals surface area (Å²) in [6.07, 6.45) is 1.73. The Labute approximate surface area is 179 Å². The highest BCUT2D eigenvalue weighted by atomic mass is 16.5. The molecule has 1 aromatic heterocycles.